The largest absolute Gasteiger partial charge is 0.322 e. The average molecular weight is 399 g/mol. The Hall–Kier alpha value is -3.40. The average Bonchev–Trinajstić information content (AvgIpc) is 2.75. The molecule has 1 aliphatic rings. The minimum absolute atomic E-state index is 0.00341. The molecule has 4 rings (SSSR count). The SMILES string of the molecule is Cc1ccc(C(=O)N2CCCc3cc(C(=O)Nc4c(C)cccc4C)ccc32)cc1. The molecule has 1 heterocycles. The lowest BCUT2D eigenvalue weighted by Crippen LogP contribution is -2.35. The highest BCUT2D eigenvalue weighted by molar-refractivity contribution is 6.08. The molecule has 4 heteroatoms. The predicted molar refractivity (Wildman–Crippen MR) is 121 cm³/mol. The highest BCUT2D eigenvalue weighted by Gasteiger charge is 2.24. The minimum atomic E-state index is -0.128. The molecule has 0 fully saturated rings. The number of hydrogen-bond acceptors (Lipinski definition) is 2. The molecule has 0 unspecified atom stereocenters. The van der Waals surface area contributed by atoms with E-state index in [9.17, 15) is 9.59 Å². The fraction of sp³-hybridized carbons (Fsp3) is 0.231. The summed E-state index contributed by atoms with van der Waals surface area (Å²) in [4.78, 5) is 27.8. The number of nitrogens with zero attached hydrogens (tertiary/aromatic N) is 1. The number of anilines is 2. The van der Waals surface area contributed by atoms with Crippen molar-refractivity contribution in [1.29, 1.82) is 0 Å². The summed E-state index contributed by atoms with van der Waals surface area (Å²) in [6.07, 6.45) is 1.74. The van der Waals surface area contributed by atoms with Gasteiger partial charge in [-0.1, -0.05) is 35.9 Å². The van der Waals surface area contributed by atoms with Crippen molar-refractivity contribution in [2.24, 2.45) is 0 Å². The van der Waals surface area contributed by atoms with Crippen LogP contribution in [0.2, 0.25) is 0 Å². The smallest absolute Gasteiger partial charge is 0.258 e. The lowest BCUT2D eigenvalue weighted by atomic mass is 9.97. The topological polar surface area (TPSA) is 49.4 Å². The van der Waals surface area contributed by atoms with E-state index in [1.54, 1.807) is 0 Å². The molecule has 2 amide bonds. The van der Waals surface area contributed by atoms with Crippen molar-refractivity contribution in [2.45, 2.75) is 33.6 Å². The molecule has 0 saturated carbocycles. The van der Waals surface area contributed by atoms with Crippen LogP contribution in [0.5, 0.6) is 0 Å². The van der Waals surface area contributed by atoms with Gasteiger partial charge in [-0.05, 0) is 80.6 Å². The molecule has 0 radical (unpaired) electrons. The van der Waals surface area contributed by atoms with Gasteiger partial charge in [0.25, 0.3) is 11.8 Å². The number of hydrogen-bond donors (Lipinski definition) is 1. The second-order valence-electron chi connectivity index (χ2n) is 7.99. The quantitative estimate of drug-likeness (QED) is 0.637. The van der Waals surface area contributed by atoms with Crippen molar-refractivity contribution in [3.8, 4) is 0 Å². The Morgan fingerprint density at radius 1 is 0.867 bits per heavy atom. The summed E-state index contributed by atoms with van der Waals surface area (Å²) in [6, 6.07) is 19.3. The van der Waals surface area contributed by atoms with E-state index in [2.05, 4.69) is 5.32 Å². The Morgan fingerprint density at radius 3 is 2.23 bits per heavy atom. The Morgan fingerprint density at radius 2 is 1.53 bits per heavy atom. The first-order chi connectivity index (χ1) is 14.4. The Labute approximate surface area is 177 Å². The first-order valence-electron chi connectivity index (χ1n) is 10.3. The van der Waals surface area contributed by atoms with Gasteiger partial charge in [0.05, 0.1) is 0 Å². The molecule has 3 aromatic rings. The monoisotopic (exact) mass is 398 g/mol. The molecule has 0 aliphatic carbocycles. The molecule has 30 heavy (non-hydrogen) atoms. The van der Waals surface area contributed by atoms with E-state index >= 15 is 0 Å². The van der Waals surface area contributed by atoms with Gasteiger partial charge in [0.1, 0.15) is 0 Å². The molecule has 0 saturated heterocycles. The molecule has 0 bridgehead atoms. The summed E-state index contributed by atoms with van der Waals surface area (Å²) in [6.45, 7) is 6.68. The van der Waals surface area contributed by atoms with E-state index in [1.165, 1.54) is 0 Å². The van der Waals surface area contributed by atoms with Crippen LogP contribution >= 0.6 is 0 Å². The molecular formula is C26H26N2O2. The van der Waals surface area contributed by atoms with Gasteiger partial charge >= 0.3 is 0 Å². The molecule has 1 N–H and O–H groups in total. The van der Waals surface area contributed by atoms with Crippen LogP contribution in [0, 0.1) is 20.8 Å². The van der Waals surface area contributed by atoms with E-state index in [1.807, 2.05) is 86.3 Å². The highest BCUT2D eigenvalue weighted by Crippen LogP contribution is 2.30. The number of carbonyl (C=O) groups is 2. The third kappa shape index (κ3) is 3.86. The van der Waals surface area contributed by atoms with Crippen LogP contribution < -0.4 is 10.2 Å². The van der Waals surface area contributed by atoms with Gasteiger partial charge < -0.3 is 10.2 Å². The normalized spacial score (nSPS) is 13.0. The first kappa shape index (κ1) is 19.9. The van der Waals surface area contributed by atoms with Crippen molar-refractivity contribution in [2.75, 3.05) is 16.8 Å². The van der Waals surface area contributed by atoms with Crippen LogP contribution in [0.15, 0.2) is 60.7 Å². The first-order valence-corrected chi connectivity index (χ1v) is 10.3. The maximum absolute atomic E-state index is 13.1. The van der Waals surface area contributed by atoms with E-state index in [4.69, 9.17) is 0 Å². The second-order valence-corrected chi connectivity index (χ2v) is 7.99. The van der Waals surface area contributed by atoms with E-state index in [0.717, 1.165) is 46.5 Å². The van der Waals surface area contributed by atoms with Crippen LogP contribution in [0.4, 0.5) is 11.4 Å². The Kier molecular flexibility index (Phi) is 5.40. The van der Waals surface area contributed by atoms with Gasteiger partial charge in [0, 0.05) is 29.0 Å². The number of aryl methyl sites for hydroxylation is 4. The van der Waals surface area contributed by atoms with Gasteiger partial charge in [-0.15, -0.1) is 0 Å². The molecule has 152 valence electrons. The molecular weight excluding hydrogens is 372 g/mol. The van der Waals surface area contributed by atoms with Crippen LogP contribution in [0.25, 0.3) is 0 Å². The molecule has 3 aromatic carbocycles. The maximum atomic E-state index is 13.1. The second kappa shape index (κ2) is 8.15. The van der Waals surface area contributed by atoms with Crippen molar-refractivity contribution < 1.29 is 9.59 Å². The molecule has 0 aromatic heterocycles. The van der Waals surface area contributed by atoms with Crippen LogP contribution in [0.1, 0.15) is 49.4 Å². The van der Waals surface area contributed by atoms with Gasteiger partial charge in [-0.25, -0.2) is 0 Å². The van der Waals surface area contributed by atoms with Gasteiger partial charge in [-0.2, -0.15) is 0 Å². The molecule has 0 spiro atoms. The third-order valence-electron chi connectivity index (χ3n) is 5.72. The number of carbonyl (C=O) groups excluding carboxylic acids is 2. The van der Waals surface area contributed by atoms with Crippen LogP contribution in [0.3, 0.4) is 0 Å². The zero-order valence-corrected chi connectivity index (χ0v) is 17.7. The Balaban J connectivity index is 1.59. The lowest BCUT2D eigenvalue weighted by Gasteiger charge is -2.30. The van der Waals surface area contributed by atoms with Gasteiger partial charge in [0.2, 0.25) is 0 Å². The molecule has 0 atom stereocenters. The van der Waals surface area contributed by atoms with Crippen molar-refractivity contribution in [3.63, 3.8) is 0 Å². The summed E-state index contributed by atoms with van der Waals surface area (Å²) >= 11 is 0. The zero-order chi connectivity index (χ0) is 21.3. The third-order valence-corrected chi connectivity index (χ3v) is 5.72. The van der Waals surface area contributed by atoms with Crippen LogP contribution in [-0.4, -0.2) is 18.4 Å². The Bertz CT molecular complexity index is 1100. The number of rotatable bonds is 3. The number of fused-ring (bicyclic) bond motifs is 1. The van der Waals surface area contributed by atoms with Crippen LogP contribution in [-0.2, 0) is 6.42 Å². The van der Waals surface area contributed by atoms with Crippen molar-refractivity contribution >= 4 is 23.2 Å². The molecule has 1 aliphatic heterocycles. The van der Waals surface area contributed by atoms with E-state index in [-0.39, 0.29) is 11.8 Å². The summed E-state index contributed by atoms with van der Waals surface area (Å²) < 4.78 is 0. The zero-order valence-electron chi connectivity index (χ0n) is 17.7. The lowest BCUT2D eigenvalue weighted by molar-refractivity contribution is 0.0984. The fourth-order valence-corrected chi connectivity index (χ4v) is 4.00. The summed E-state index contributed by atoms with van der Waals surface area (Å²) in [5.41, 5.74) is 7.30. The van der Waals surface area contributed by atoms with Gasteiger partial charge in [-0.3, -0.25) is 9.59 Å². The highest BCUT2D eigenvalue weighted by atomic mass is 16.2. The number of amides is 2. The van der Waals surface area contributed by atoms with E-state index in [0.29, 0.717) is 17.7 Å². The molecule has 4 nitrogen and oxygen atoms in total. The van der Waals surface area contributed by atoms with Crippen molar-refractivity contribution in [3.05, 3.63) is 94.0 Å². The van der Waals surface area contributed by atoms with E-state index < -0.39 is 0 Å². The van der Waals surface area contributed by atoms with Gasteiger partial charge in [0.15, 0.2) is 0 Å². The predicted octanol–water partition coefficient (Wildman–Crippen LogP) is 5.46. The number of nitrogens with one attached hydrogen (secondary N) is 1. The standard InChI is InChI=1S/C26H26N2O2/c1-17-9-11-20(12-10-17)26(30)28-15-5-8-21-16-22(13-14-23(21)28)25(29)27-24-18(2)6-4-7-19(24)3/h4,6-7,9-14,16H,5,8,15H2,1-3H3,(H,27,29). The summed E-state index contributed by atoms with van der Waals surface area (Å²) in [7, 11) is 0. The summed E-state index contributed by atoms with van der Waals surface area (Å²) in [5, 5.41) is 3.05. The number of para-hydroxylation sites is 1. The maximum Gasteiger partial charge on any atom is 0.258 e. The summed E-state index contributed by atoms with van der Waals surface area (Å²) in [5.74, 6) is -0.124. The van der Waals surface area contributed by atoms with Crippen molar-refractivity contribution in [1.82, 2.24) is 0 Å². The fourth-order valence-electron chi connectivity index (χ4n) is 4.00. The number of benzene rings is 3. The minimum Gasteiger partial charge on any atom is -0.322 e.